The number of nitrogens with zero attached hydrogens (tertiary/aromatic N) is 1. The zero-order valence-electron chi connectivity index (χ0n) is 10.8. The molecule has 1 amide bonds. The molecule has 1 heterocycles. The topological polar surface area (TPSA) is 49.8 Å². The molecule has 1 unspecified atom stereocenters. The molecule has 1 aliphatic rings. The van der Waals surface area contributed by atoms with E-state index in [1.807, 2.05) is 20.8 Å². The summed E-state index contributed by atoms with van der Waals surface area (Å²) in [5.74, 6) is 0.489. The molecule has 0 aromatic carbocycles. The van der Waals surface area contributed by atoms with Crippen molar-refractivity contribution in [2.75, 3.05) is 13.1 Å². The molecule has 0 radical (unpaired) electrons. The number of ether oxygens (including phenoxy) is 1. The van der Waals surface area contributed by atoms with Gasteiger partial charge in [0.05, 0.1) is 0 Å². The molecule has 1 rings (SSSR count). The quantitative estimate of drug-likeness (QED) is 0.798. The first-order valence-corrected chi connectivity index (χ1v) is 6.99. The first-order valence-electron chi connectivity index (χ1n) is 6.08. The summed E-state index contributed by atoms with van der Waals surface area (Å²) in [6.45, 7) is 7.06. The summed E-state index contributed by atoms with van der Waals surface area (Å²) >= 11 is 3.14. The van der Waals surface area contributed by atoms with Gasteiger partial charge < -0.3 is 14.7 Å². The maximum Gasteiger partial charge on any atom is 0.410 e. The largest absolute Gasteiger partial charge is 0.444 e. The fraction of sp³-hybridized carbons (Fsp3) is 0.917. The zero-order chi connectivity index (χ0) is 13.1. The highest BCUT2D eigenvalue weighted by Crippen LogP contribution is 2.24. The predicted octanol–water partition coefficient (Wildman–Crippen LogP) is 2.74. The molecule has 0 spiro atoms. The summed E-state index contributed by atoms with van der Waals surface area (Å²) in [7, 11) is 0. The zero-order valence-corrected chi connectivity index (χ0v) is 12.4. The third-order valence-electron chi connectivity index (χ3n) is 2.79. The van der Waals surface area contributed by atoms with Gasteiger partial charge in [-0.2, -0.15) is 0 Å². The number of hydrogen-bond donors (Lipinski definition) is 1. The SMILES string of the molecule is CC(C)(C)OC(=O)N1CCC(CC(O)Br)CC1. The van der Waals surface area contributed by atoms with Crippen LogP contribution in [0.3, 0.4) is 0 Å². The Morgan fingerprint density at radius 3 is 2.41 bits per heavy atom. The summed E-state index contributed by atoms with van der Waals surface area (Å²) in [5, 5.41) is 8.81. The Morgan fingerprint density at radius 2 is 2.00 bits per heavy atom. The first-order chi connectivity index (χ1) is 7.78. The number of alkyl halides is 1. The van der Waals surface area contributed by atoms with E-state index in [1.54, 1.807) is 4.90 Å². The molecule has 1 aliphatic heterocycles. The highest BCUT2D eigenvalue weighted by atomic mass is 79.9. The summed E-state index contributed by atoms with van der Waals surface area (Å²) in [6.07, 6.45) is 2.39. The number of carbonyl (C=O) groups excluding carboxylic acids is 1. The molecule has 0 saturated carbocycles. The number of aliphatic hydroxyl groups is 1. The van der Waals surface area contributed by atoms with Gasteiger partial charge in [-0.1, -0.05) is 15.9 Å². The lowest BCUT2D eigenvalue weighted by Crippen LogP contribution is -2.42. The summed E-state index contributed by atoms with van der Waals surface area (Å²) < 4.78 is 5.32. The predicted molar refractivity (Wildman–Crippen MR) is 70.1 cm³/mol. The van der Waals surface area contributed by atoms with Gasteiger partial charge in [-0.05, 0) is 46.0 Å². The molecule has 4 nitrogen and oxygen atoms in total. The van der Waals surface area contributed by atoms with E-state index in [4.69, 9.17) is 4.74 Å². The van der Waals surface area contributed by atoms with E-state index in [9.17, 15) is 9.90 Å². The van der Waals surface area contributed by atoms with Crippen molar-refractivity contribution in [1.29, 1.82) is 0 Å². The van der Waals surface area contributed by atoms with Crippen LogP contribution in [0, 0.1) is 5.92 Å². The summed E-state index contributed by atoms with van der Waals surface area (Å²) in [4.78, 5) is 13.5. The van der Waals surface area contributed by atoms with Gasteiger partial charge in [0.1, 0.15) is 10.6 Å². The molecule has 0 bridgehead atoms. The Kier molecular flexibility index (Phi) is 5.25. The molecule has 17 heavy (non-hydrogen) atoms. The van der Waals surface area contributed by atoms with Crippen LogP contribution < -0.4 is 0 Å². The highest BCUT2D eigenvalue weighted by Gasteiger charge is 2.27. The van der Waals surface area contributed by atoms with Crippen LogP contribution in [0.4, 0.5) is 4.79 Å². The second kappa shape index (κ2) is 6.05. The molecule has 5 heteroatoms. The molecular weight excluding hydrogens is 286 g/mol. The van der Waals surface area contributed by atoms with Crippen molar-refractivity contribution in [3.05, 3.63) is 0 Å². The molecule has 1 atom stereocenters. The van der Waals surface area contributed by atoms with Crippen LogP contribution in [-0.4, -0.2) is 39.8 Å². The van der Waals surface area contributed by atoms with Gasteiger partial charge in [0.2, 0.25) is 0 Å². The van der Waals surface area contributed by atoms with Crippen molar-refractivity contribution in [1.82, 2.24) is 4.90 Å². The highest BCUT2D eigenvalue weighted by molar-refractivity contribution is 9.09. The maximum atomic E-state index is 11.8. The monoisotopic (exact) mass is 307 g/mol. The smallest absolute Gasteiger partial charge is 0.410 e. The van der Waals surface area contributed by atoms with Gasteiger partial charge in [-0.25, -0.2) is 4.79 Å². The number of rotatable bonds is 2. The van der Waals surface area contributed by atoms with Crippen molar-refractivity contribution in [2.45, 2.75) is 50.6 Å². The van der Waals surface area contributed by atoms with E-state index in [0.717, 1.165) is 32.4 Å². The minimum atomic E-state index is -0.431. The van der Waals surface area contributed by atoms with Gasteiger partial charge in [-0.3, -0.25) is 0 Å². The van der Waals surface area contributed by atoms with Crippen molar-refractivity contribution in [2.24, 2.45) is 5.92 Å². The van der Waals surface area contributed by atoms with E-state index < -0.39 is 10.6 Å². The fourth-order valence-electron chi connectivity index (χ4n) is 1.95. The lowest BCUT2D eigenvalue weighted by Gasteiger charge is -2.33. The molecule has 0 aromatic rings. The lowest BCUT2D eigenvalue weighted by atomic mass is 9.94. The van der Waals surface area contributed by atoms with Gasteiger partial charge in [0.15, 0.2) is 0 Å². The molecule has 1 saturated heterocycles. The summed E-state index contributed by atoms with van der Waals surface area (Å²) in [5.41, 5.74) is -0.431. The van der Waals surface area contributed by atoms with E-state index in [-0.39, 0.29) is 6.09 Å². The van der Waals surface area contributed by atoms with Gasteiger partial charge >= 0.3 is 6.09 Å². The van der Waals surface area contributed by atoms with Gasteiger partial charge in [-0.15, -0.1) is 0 Å². The van der Waals surface area contributed by atoms with Crippen molar-refractivity contribution in [3.63, 3.8) is 0 Å². The van der Waals surface area contributed by atoms with Crippen LogP contribution in [0.1, 0.15) is 40.0 Å². The lowest BCUT2D eigenvalue weighted by molar-refractivity contribution is 0.0174. The third-order valence-corrected chi connectivity index (χ3v) is 3.17. The van der Waals surface area contributed by atoms with Crippen LogP contribution in [0.5, 0.6) is 0 Å². The third kappa shape index (κ3) is 5.73. The van der Waals surface area contributed by atoms with Gasteiger partial charge in [0, 0.05) is 13.1 Å². The van der Waals surface area contributed by atoms with Crippen LogP contribution in [0.25, 0.3) is 0 Å². The van der Waals surface area contributed by atoms with Crippen molar-refractivity contribution < 1.29 is 14.6 Å². The average molecular weight is 308 g/mol. The normalized spacial score (nSPS) is 20.2. The Morgan fingerprint density at radius 1 is 1.47 bits per heavy atom. The first kappa shape index (κ1) is 14.8. The second-order valence-corrected chi connectivity index (χ2v) is 6.64. The van der Waals surface area contributed by atoms with E-state index in [0.29, 0.717) is 5.92 Å². The Labute approximate surface area is 111 Å². The molecule has 1 fully saturated rings. The van der Waals surface area contributed by atoms with E-state index >= 15 is 0 Å². The Hall–Kier alpha value is -0.290. The fourth-order valence-corrected chi connectivity index (χ4v) is 2.48. The number of aliphatic hydroxyl groups excluding tert-OH is 1. The summed E-state index contributed by atoms with van der Waals surface area (Å²) in [6, 6.07) is 0. The molecule has 100 valence electrons. The maximum absolute atomic E-state index is 11.8. The minimum absolute atomic E-state index is 0.227. The molecule has 0 aromatic heterocycles. The van der Waals surface area contributed by atoms with E-state index in [2.05, 4.69) is 15.9 Å². The van der Waals surface area contributed by atoms with Crippen molar-refractivity contribution >= 4 is 22.0 Å². The molecular formula is C12H22BrNO3. The molecule has 0 aliphatic carbocycles. The number of hydrogen-bond acceptors (Lipinski definition) is 3. The number of carbonyl (C=O) groups is 1. The van der Waals surface area contributed by atoms with Gasteiger partial charge in [0.25, 0.3) is 0 Å². The van der Waals surface area contributed by atoms with Crippen molar-refractivity contribution in [3.8, 4) is 0 Å². The van der Waals surface area contributed by atoms with Crippen LogP contribution in [-0.2, 0) is 4.74 Å². The number of likely N-dealkylation sites (tertiary alicyclic amines) is 1. The van der Waals surface area contributed by atoms with Crippen LogP contribution in [0.15, 0.2) is 0 Å². The Bertz CT molecular complexity index is 255. The Balaban J connectivity index is 2.34. The van der Waals surface area contributed by atoms with Crippen LogP contribution >= 0.6 is 15.9 Å². The average Bonchev–Trinajstić information content (AvgIpc) is 2.15. The van der Waals surface area contributed by atoms with E-state index in [1.165, 1.54) is 0 Å². The number of halogens is 1. The van der Waals surface area contributed by atoms with Crippen LogP contribution in [0.2, 0.25) is 0 Å². The second-order valence-electron chi connectivity index (χ2n) is 5.58. The molecule has 1 N–H and O–H groups in total. The minimum Gasteiger partial charge on any atom is -0.444 e. The number of piperidine rings is 1. The standard InChI is InChI=1S/C12H22BrNO3/c1-12(2,3)17-11(16)14-6-4-9(5-7-14)8-10(13)15/h9-10,15H,4-8H2,1-3H3. The number of amides is 1.